The highest BCUT2D eigenvalue weighted by Crippen LogP contribution is 2.23. The lowest BCUT2D eigenvalue weighted by molar-refractivity contribution is 0.110. The summed E-state index contributed by atoms with van der Waals surface area (Å²) < 4.78 is 0. The number of nitrogens with one attached hydrogen (secondary N) is 1. The van der Waals surface area contributed by atoms with Gasteiger partial charge in [-0.25, -0.2) is 0 Å². The van der Waals surface area contributed by atoms with Crippen LogP contribution in [0.4, 0.5) is 0 Å². The van der Waals surface area contributed by atoms with Crippen LogP contribution in [0.1, 0.15) is 12.8 Å². The molecule has 2 bridgehead atoms. The van der Waals surface area contributed by atoms with E-state index in [0.717, 1.165) is 12.0 Å². The fourth-order valence-electron chi connectivity index (χ4n) is 2.13. The minimum atomic E-state index is 0. The number of nitrogens with zero attached hydrogens (tertiary/aromatic N) is 1. The molecular weight excluding hydrogens is 195 g/mol. The molecule has 2 rings (SSSR count). The smallest absolute Gasteiger partial charge is 0.0220 e. The van der Waals surface area contributed by atoms with E-state index in [1.165, 1.54) is 32.5 Å². The highest BCUT2D eigenvalue weighted by Gasteiger charge is 2.28. The van der Waals surface area contributed by atoms with Crippen LogP contribution in [0.5, 0.6) is 0 Å². The molecule has 2 unspecified atom stereocenters. The second-order valence-corrected chi connectivity index (χ2v) is 3.68. The molecule has 2 heterocycles. The Morgan fingerprint density at radius 3 is 2.67 bits per heavy atom. The topological polar surface area (TPSA) is 15.3 Å². The molecule has 0 saturated carbocycles. The van der Waals surface area contributed by atoms with Crippen molar-refractivity contribution in [3.05, 3.63) is 0 Å². The summed E-state index contributed by atoms with van der Waals surface area (Å²) in [7, 11) is 2.24. The first kappa shape index (κ1) is 12.5. The Morgan fingerprint density at radius 2 is 2.00 bits per heavy atom. The lowest BCUT2D eigenvalue weighted by atomic mass is 9.88. The number of hydrogen-bond acceptors (Lipinski definition) is 2. The van der Waals surface area contributed by atoms with Crippen LogP contribution in [0.15, 0.2) is 0 Å². The number of hydrogen-bond donors (Lipinski definition) is 1. The third kappa shape index (κ3) is 2.49. The quantitative estimate of drug-likeness (QED) is 0.649. The average molecular weight is 213 g/mol. The van der Waals surface area contributed by atoms with Crippen LogP contribution in [0.25, 0.3) is 0 Å². The zero-order valence-electron chi connectivity index (χ0n) is 7.45. The van der Waals surface area contributed by atoms with Crippen LogP contribution < -0.4 is 5.32 Å². The minimum Gasteiger partial charge on any atom is -0.315 e. The number of fused-ring (bicyclic) bond motifs is 2. The van der Waals surface area contributed by atoms with Crippen molar-refractivity contribution < 1.29 is 0 Å². The second-order valence-electron chi connectivity index (χ2n) is 3.68. The van der Waals surface area contributed by atoms with E-state index < -0.39 is 0 Å². The Morgan fingerprint density at radius 1 is 1.25 bits per heavy atom. The summed E-state index contributed by atoms with van der Waals surface area (Å²) in [5, 5.41) is 3.48. The van der Waals surface area contributed by atoms with Crippen LogP contribution in [0, 0.1) is 5.92 Å². The van der Waals surface area contributed by atoms with E-state index in [0.29, 0.717) is 0 Å². The highest BCUT2D eigenvalue weighted by molar-refractivity contribution is 5.85. The molecule has 12 heavy (non-hydrogen) atoms. The third-order valence-electron chi connectivity index (χ3n) is 2.93. The number of likely N-dealkylation sites (tertiary alicyclic amines) is 1. The standard InChI is InChI=1S/C8H16N2.2ClH/c1-10-3-2-7-4-8(10)6-9-5-7;;/h7-9H,2-6H2,1H3;2*1H. The lowest BCUT2D eigenvalue weighted by Crippen LogP contribution is -2.52. The molecule has 0 amide bonds. The van der Waals surface area contributed by atoms with Crippen molar-refractivity contribution in [2.45, 2.75) is 18.9 Å². The van der Waals surface area contributed by atoms with Gasteiger partial charge in [-0.1, -0.05) is 0 Å². The largest absolute Gasteiger partial charge is 0.315 e. The first-order chi connectivity index (χ1) is 4.86. The van der Waals surface area contributed by atoms with Gasteiger partial charge >= 0.3 is 0 Å². The molecule has 0 radical (unpaired) electrons. The van der Waals surface area contributed by atoms with Gasteiger partial charge in [0.25, 0.3) is 0 Å². The van der Waals surface area contributed by atoms with Gasteiger partial charge in [-0.05, 0) is 38.9 Å². The molecule has 2 aliphatic rings. The molecule has 2 aliphatic heterocycles. The summed E-state index contributed by atoms with van der Waals surface area (Å²) in [4.78, 5) is 2.49. The number of likely N-dealkylation sites (N-methyl/N-ethyl adjacent to an activating group) is 1. The van der Waals surface area contributed by atoms with Gasteiger partial charge in [0.1, 0.15) is 0 Å². The predicted molar refractivity (Wildman–Crippen MR) is 56.5 cm³/mol. The molecule has 2 fully saturated rings. The molecule has 2 atom stereocenters. The highest BCUT2D eigenvalue weighted by atomic mass is 35.5. The van der Waals surface area contributed by atoms with Crippen molar-refractivity contribution in [2.75, 3.05) is 26.7 Å². The number of rotatable bonds is 0. The summed E-state index contributed by atoms with van der Waals surface area (Å²) in [6.45, 7) is 3.80. The molecule has 2 nitrogen and oxygen atoms in total. The maximum Gasteiger partial charge on any atom is 0.0220 e. The van der Waals surface area contributed by atoms with E-state index >= 15 is 0 Å². The van der Waals surface area contributed by atoms with Crippen molar-refractivity contribution in [1.82, 2.24) is 10.2 Å². The van der Waals surface area contributed by atoms with Gasteiger partial charge in [0.2, 0.25) is 0 Å². The van der Waals surface area contributed by atoms with Crippen molar-refractivity contribution >= 4 is 24.8 Å². The summed E-state index contributed by atoms with van der Waals surface area (Å²) in [6.07, 6.45) is 2.84. The zero-order chi connectivity index (χ0) is 6.97. The van der Waals surface area contributed by atoms with Crippen molar-refractivity contribution in [3.63, 3.8) is 0 Å². The summed E-state index contributed by atoms with van der Waals surface area (Å²) in [6, 6.07) is 0.840. The van der Waals surface area contributed by atoms with Crippen molar-refractivity contribution in [2.24, 2.45) is 5.92 Å². The molecule has 1 N–H and O–H groups in total. The zero-order valence-corrected chi connectivity index (χ0v) is 9.09. The van der Waals surface area contributed by atoms with Crippen molar-refractivity contribution in [1.29, 1.82) is 0 Å². The molecule has 0 aromatic heterocycles. The molecule has 74 valence electrons. The van der Waals surface area contributed by atoms with Gasteiger partial charge < -0.3 is 10.2 Å². The van der Waals surface area contributed by atoms with E-state index in [-0.39, 0.29) is 24.8 Å². The Labute approximate surface area is 86.9 Å². The number of piperidine rings is 2. The predicted octanol–water partition coefficient (Wildman–Crippen LogP) is 1.14. The van der Waals surface area contributed by atoms with Crippen LogP contribution in [0.3, 0.4) is 0 Å². The Kier molecular flexibility index (Phi) is 5.50. The monoisotopic (exact) mass is 212 g/mol. The van der Waals surface area contributed by atoms with Crippen LogP contribution in [-0.2, 0) is 0 Å². The average Bonchev–Trinajstić information content (AvgIpc) is 1.99. The Balaban J connectivity index is 0.000000605. The molecule has 0 aliphatic carbocycles. The van der Waals surface area contributed by atoms with E-state index in [9.17, 15) is 0 Å². The van der Waals surface area contributed by atoms with E-state index in [2.05, 4.69) is 17.3 Å². The second kappa shape index (κ2) is 5.28. The van der Waals surface area contributed by atoms with Crippen LogP contribution in [-0.4, -0.2) is 37.6 Å². The van der Waals surface area contributed by atoms with Crippen LogP contribution >= 0.6 is 24.8 Å². The van der Waals surface area contributed by atoms with Gasteiger partial charge in [-0.3, -0.25) is 0 Å². The van der Waals surface area contributed by atoms with Gasteiger partial charge in [0.15, 0.2) is 0 Å². The minimum absolute atomic E-state index is 0. The molecule has 2 saturated heterocycles. The van der Waals surface area contributed by atoms with Crippen LogP contribution in [0.2, 0.25) is 0 Å². The first-order valence-electron chi connectivity index (χ1n) is 4.27. The summed E-state index contributed by atoms with van der Waals surface area (Å²) >= 11 is 0. The van der Waals surface area contributed by atoms with Crippen molar-refractivity contribution in [3.8, 4) is 0 Å². The maximum atomic E-state index is 3.48. The fraction of sp³-hybridized carbons (Fsp3) is 1.00. The Bertz CT molecular complexity index is 130. The van der Waals surface area contributed by atoms with E-state index in [1.54, 1.807) is 0 Å². The summed E-state index contributed by atoms with van der Waals surface area (Å²) in [5.74, 6) is 0.981. The molecule has 4 heteroatoms. The molecule has 0 spiro atoms. The lowest BCUT2D eigenvalue weighted by Gasteiger charge is -2.41. The fourth-order valence-corrected chi connectivity index (χ4v) is 2.13. The molecule has 0 aromatic rings. The van der Waals surface area contributed by atoms with E-state index in [4.69, 9.17) is 0 Å². The first-order valence-corrected chi connectivity index (χ1v) is 4.27. The van der Waals surface area contributed by atoms with Gasteiger partial charge in [0.05, 0.1) is 0 Å². The maximum absolute atomic E-state index is 3.48. The molecular formula is C8H18Cl2N2. The SMILES string of the molecule is CN1CCC2CNCC1C2.Cl.Cl. The normalized spacial score (nSPS) is 34.8. The van der Waals surface area contributed by atoms with Gasteiger partial charge in [-0.15, -0.1) is 24.8 Å². The molecule has 0 aromatic carbocycles. The third-order valence-corrected chi connectivity index (χ3v) is 2.93. The van der Waals surface area contributed by atoms with Gasteiger partial charge in [-0.2, -0.15) is 0 Å². The summed E-state index contributed by atoms with van der Waals surface area (Å²) in [5.41, 5.74) is 0. The van der Waals surface area contributed by atoms with Gasteiger partial charge in [0, 0.05) is 12.6 Å². The Hall–Kier alpha value is 0.500. The number of halogens is 2. The van der Waals surface area contributed by atoms with E-state index in [1.807, 2.05) is 0 Å².